The lowest BCUT2D eigenvalue weighted by molar-refractivity contribution is 0.449. The Bertz CT molecular complexity index is 557. The van der Waals surface area contributed by atoms with Crippen LogP contribution < -0.4 is 20.4 Å². The molecule has 0 aliphatic rings. The molecule has 2 heterocycles. The topological polar surface area (TPSA) is 110 Å². The Balaban J connectivity index is 1.97. The third kappa shape index (κ3) is 2.71. The van der Waals surface area contributed by atoms with Crippen LogP contribution in [0.25, 0.3) is 0 Å². The molecule has 9 heteroatoms. The van der Waals surface area contributed by atoms with Gasteiger partial charge >= 0.3 is 18.8 Å². The van der Waals surface area contributed by atoms with E-state index in [1.165, 1.54) is 24.5 Å². The molecule has 2 rings (SSSR count). The van der Waals surface area contributed by atoms with E-state index >= 15 is 0 Å². The van der Waals surface area contributed by atoms with E-state index in [0.717, 1.165) is 0 Å². The van der Waals surface area contributed by atoms with Crippen molar-refractivity contribution in [3.8, 4) is 11.5 Å². The van der Waals surface area contributed by atoms with E-state index < -0.39 is 11.1 Å². The van der Waals surface area contributed by atoms with Crippen LogP contribution in [0.15, 0.2) is 34.1 Å². The van der Waals surface area contributed by atoms with Crippen molar-refractivity contribution >= 4 is 7.69 Å². The second kappa shape index (κ2) is 4.97. The van der Waals surface area contributed by atoms with Gasteiger partial charge in [-0.3, -0.25) is 9.59 Å². The summed E-state index contributed by atoms with van der Waals surface area (Å²) in [7, 11) is -0.264. The molecule has 2 N–H and O–H groups in total. The van der Waals surface area contributed by atoms with Crippen LogP contribution in [0.4, 0.5) is 0 Å². The van der Waals surface area contributed by atoms with Gasteiger partial charge in [-0.25, -0.2) is 10.2 Å². The molecule has 0 aliphatic heterocycles. The largest absolute Gasteiger partial charge is 0.576 e. The predicted octanol–water partition coefficient (Wildman–Crippen LogP) is -1.42. The Morgan fingerprint density at radius 2 is 1.41 bits per heavy atom. The van der Waals surface area contributed by atoms with Gasteiger partial charge in [0.15, 0.2) is 11.5 Å². The smallest absolute Gasteiger partial charge is 0.525 e. The van der Waals surface area contributed by atoms with E-state index in [0.29, 0.717) is 0 Å². The average molecular weight is 234 g/mol. The molecule has 2 aromatic rings. The maximum Gasteiger partial charge on any atom is 0.576 e. The molecule has 0 bridgehead atoms. The molecular weight excluding hydrogens is 227 g/mol. The molecule has 0 amide bonds. The van der Waals surface area contributed by atoms with Gasteiger partial charge < -0.3 is 9.31 Å². The normalized spacial score (nSPS) is 9.65. The molecule has 2 aromatic heterocycles. The van der Waals surface area contributed by atoms with Crippen LogP contribution in [-0.2, 0) is 0 Å². The molecule has 0 radical (unpaired) electrons. The second-order valence-corrected chi connectivity index (χ2v) is 2.91. The highest BCUT2D eigenvalue weighted by atomic mass is 16.6. The second-order valence-electron chi connectivity index (χ2n) is 2.91. The van der Waals surface area contributed by atoms with Crippen LogP contribution in [-0.4, -0.2) is 28.1 Å². The van der Waals surface area contributed by atoms with Crippen molar-refractivity contribution < 1.29 is 9.31 Å². The maximum absolute atomic E-state index is 11.2. The van der Waals surface area contributed by atoms with Gasteiger partial charge in [-0.1, -0.05) is 0 Å². The number of aromatic amines is 2. The van der Waals surface area contributed by atoms with Crippen molar-refractivity contribution in [3.05, 3.63) is 45.2 Å². The molecule has 0 saturated carbocycles. The van der Waals surface area contributed by atoms with Gasteiger partial charge in [0.2, 0.25) is 0 Å². The molecule has 17 heavy (non-hydrogen) atoms. The zero-order chi connectivity index (χ0) is 12.1. The summed E-state index contributed by atoms with van der Waals surface area (Å²) in [5.41, 5.74) is -0.945. The predicted molar refractivity (Wildman–Crippen MR) is 58.1 cm³/mol. The minimum absolute atomic E-state index is 0.0606. The zero-order valence-corrected chi connectivity index (χ0v) is 8.54. The van der Waals surface area contributed by atoms with Crippen LogP contribution in [0.5, 0.6) is 11.5 Å². The van der Waals surface area contributed by atoms with Gasteiger partial charge in [0.25, 0.3) is 0 Å². The third-order valence-corrected chi connectivity index (χ3v) is 1.81. The van der Waals surface area contributed by atoms with Gasteiger partial charge in [0.05, 0.1) is 12.4 Å². The van der Waals surface area contributed by atoms with Crippen molar-refractivity contribution in [3.63, 3.8) is 0 Å². The van der Waals surface area contributed by atoms with Gasteiger partial charge in [-0.2, -0.15) is 10.2 Å². The number of nitrogens with zero attached hydrogens (tertiary/aromatic N) is 2. The fourth-order valence-electron chi connectivity index (χ4n) is 1.05. The van der Waals surface area contributed by atoms with E-state index in [9.17, 15) is 9.59 Å². The summed E-state index contributed by atoms with van der Waals surface area (Å²) in [5.74, 6) is 0.121. The molecule has 8 nitrogen and oxygen atoms in total. The summed E-state index contributed by atoms with van der Waals surface area (Å²) >= 11 is 0. The van der Waals surface area contributed by atoms with Crippen LogP contribution in [0.3, 0.4) is 0 Å². The fourth-order valence-corrected chi connectivity index (χ4v) is 1.05. The Hall–Kier alpha value is -2.58. The highest BCUT2D eigenvalue weighted by Gasteiger charge is 2.05. The SMILES string of the molecule is O=c1[nH]nccc1OBOc1ccn[nH]c1=O. The Morgan fingerprint density at radius 1 is 0.941 bits per heavy atom. The summed E-state index contributed by atoms with van der Waals surface area (Å²) in [6.45, 7) is 0. The lowest BCUT2D eigenvalue weighted by Crippen LogP contribution is -2.21. The lowest BCUT2D eigenvalue weighted by Gasteiger charge is -2.04. The van der Waals surface area contributed by atoms with Gasteiger partial charge in [-0.05, 0) is 0 Å². The number of H-pyrrole nitrogens is 2. The van der Waals surface area contributed by atoms with E-state index in [1.54, 1.807) is 0 Å². The first kappa shape index (κ1) is 10.9. The molecule has 0 spiro atoms. The molecule has 0 saturated heterocycles. The molecule has 86 valence electrons. The van der Waals surface area contributed by atoms with Crippen molar-refractivity contribution in [2.75, 3.05) is 0 Å². The van der Waals surface area contributed by atoms with Crippen LogP contribution >= 0.6 is 0 Å². The van der Waals surface area contributed by atoms with E-state index in [1.807, 2.05) is 0 Å². The number of aromatic nitrogens is 4. The number of nitrogens with one attached hydrogen (secondary N) is 2. The van der Waals surface area contributed by atoms with Crippen LogP contribution in [0, 0.1) is 0 Å². The average Bonchev–Trinajstić information content (AvgIpc) is 2.34. The van der Waals surface area contributed by atoms with Crippen molar-refractivity contribution in [1.29, 1.82) is 0 Å². The highest BCUT2D eigenvalue weighted by molar-refractivity contribution is 6.20. The summed E-state index contributed by atoms with van der Waals surface area (Å²) in [6, 6.07) is 2.78. The highest BCUT2D eigenvalue weighted by Crippen LogP contribution is 2.00. The van der Waals surface area contributed by atoms with Gasteiger partial charge in [0, 0.05) is 12.1 Å². The Morgan fingerprint density at radius 3 is 1.82 bits per heavy atom. The third-order valence-electron chi connectivity index (χ3n) is 1.81. The maximum atomic E-state index is 11.2. The summed E-state index contributed by atoms with van der Waals surface area (Å²) in [6.07, 6.45) is 2.74. The van der Waals surface area contributed by atoms with Crippen LogP contribution in [0.1, 0.15) is 0 Å². The minimum Gasteiger partial charge on any atom is -0.525 e. The number of rotatable bonds is 4. The molecule has 0 fully saturated rings. The first-order chi connectivity index (χ1) is 8.27. The monoisotopic (exact) mass is 234 g/mol. The van der Waals surface area contributed by atoms with Gasteiger partial charge in [0.1, 0.15) is 0 Å². The van der Waals surface area contributed by atoms with Crippen LogP contribution in [0.2, 0.25) is 0 Å². The Kier molecular flexibility index (Phi) is 3.19. The quantitative estimate of drug-likeness (QED) is 0.628. The minimum atomic E-state index is -0.472. The first-order valence-corrected chi connectivity index (χ1v) is 4.60. The lowest BCUT2D eigenvalue weighted by atomic mass is 10.3. The molecule has 0 atom stereocenters. The fraction of sp³-hybridized carbons (Fsp3) is 0. The van der Waals surface area contributed by atoms with Crippen molar-refractivity contribution in [2.24, 2.45) is 0 Å². The van der Waals surface area contributed by atoms with Gasteiger partial charge in [-0.15, -0.1) is 0 Å². The molecule has 0 aliphatic carbocycles. The number of hydrogen-bond acceptors (Lipinski definition) is 6. The standard InChI is InChI=1S/C8H7BN4O4/c14-7-5(1-3-10-12-7)16-9-17-6-2-4-11-13-8(6)15/h1-4,9H,(H,12,14)(H,13,15). The van der Waals surface area contributed by atoms with E-state index in [4.69, 9.17) is 9.31 Å². The molecule has 0 unspecified atom stereocenters. The van der Waals surface area contributed by atoms with E-state index in [2.05, 4.69) is 20.4 Å². The first-order valence-electron chi connectivity index (χ1n) is 4.60. The molecule has 0 aromatic carbocycles. The summed E-state index contributed by atoms with van der Waals surface area (Å²) in [4.78, 5) is 22.3. The zero-order valence-electron chi connectivity index (χ0n) is 8.54. The van der Waals surface area contributed by atoms with Crippen molar-refractivity contribution in [2.45, 2.75) is 0 Å². The number of hydrogen-bond donors (Lipinski definition) is 2. The summed E-state index contributed by atoms with van der Waals surface area (Å²) in [5, 5.41) is 11.4. The summed E-state index contributed by atoms with van der Waals surface area (Å²) < 4.78 is 10.0. The molecular formula is C8H7BN4O4. The van der Waals surface area contributed by atoms with Crippen molar-refractivity contribution in [1.82, 2.24) is 20.4 Å². The Labute approximate surface area is 94.9 Å². The van der Waals surface area contributed by atoms with E-state index in [-0.39, 0.29) is 19.2 Å².